The van der Waals surface area contributed by atoms with E-state index in [1.54, 1.807) is 23.1 Å². The van der Waals surface area contributed by atoms with E-state index in [1.807, 2.05) is 57.2 Å². The second-order valence-corrected chi connectivity index (χ2v) is 10.7. The quantitative estimate of drug-likeness (QED) is 0.403. The van der Waals surface area contributed by atoms with E-state index >= 15 is 0 Å². The van der Waals surface area contributed by atoms with Crippen molar-refractivity contribution in [2.24, 2.45) is 23.5 Å². The van der Waals surface area contributed by atoms with Crippen molar-refractivity contribution in [3.05, 3.63) is 71.3 Å². The van der Waals surface area contributed by atoms with Gasteiger partial charge in [0.05, 0.1) is 0 Å². The lowest BCUT2D eigenvalue weighted by Gasteiger charge is -2.29. The van der Waals surface area contributed by atoms with Gasteiger partial charge in [-0.2, -0.15) is 0 Å². The number of hydrogen-bond acceptors (Lipinski definition) is 4. The first-order chi connectivity index (χ1) is 18.2. The molecule has 204 valence electrons. The molecule has 3 atom stereocenters. The fourth-order valence-electron chi connectivity index (χ4n) is 5.28. The normalized spacial score (nSPS) is 17.5. The summed E-state index contributed by atoms with van der Waals surface area (Å²) in [6.45, 7) is 6.93. The molecule has 2 aromatic carbocycles. The summed E-state index contributed by atoms with van der Waals surface area (Å²) in [6.07, 6.45) is 4.02. The van der Waals surface area contributed by atoms with Gasteiger partial charge in [0.2, 0.25) is 17.7 Å². The molecule has 3 amide bonds. The van der Waals surface area contributed by atoms with Crippen LogP contribution < -0.4 is 11.1 Å². The van der Waals surface area contributed by atoms with E-state index < -0.39 is 23.8 Å². The first-order valence-electron chi connectivity index (χ1n) is 13.8. The number of carbonyl (C=O) groups is 4. The minimum absolute atomic E-state index is 0.0629. The Morgan fingerprint density at radius 2 is 1.71 bits per heavy atom. The zero-order chi connectivity index (χ0) is 27.7. The maximum Gasteiger partial charge on any atom is 0.245 e. The van der Waals surface area contributed by atoms with Crippen LogP contribution in [-0.4, -0.2) is 41.0 Å². The van der Waals surface area contributed by atoms with Gasteiger partial charge in [-0.3, -0.25) is 19.2 Å². The average molecular weight is 520 g/mol. The highest BCUT2D eigenvalue weighted by Crippen LogP contribution is 2.26. The van der Waals surface area contributed by atoms with Gasteiger partial charge in [-0.05, 0) is 49.7 Å². The molecule has 0 bridgehead atoms. The summed E-state index contributed by atoms with van der Waals surface area (Å²) in [6, 6.07) is 15.8. The molecule has 7 nitrogen and oxygen atoms in total. The molecule has 1 saturated heterocycles. The Balaban J connectivity index is 1.74. The van der Waals surface area contributed by atoms with Crippen LogP contribution in [0, 0.1) is 17.8 Å². The molecule has 1 aliphatic heterocycles. The fourth-order valence-corrected chi connectivity index (χ4v) is 5.28. The van der Waals surface area contributed by atoms with Gasteiger partial charge in [0.1, 0.15) is 6.04 Å². The monoisotopic (exact) mass is 519 g/mol. The van der Waals surface area contributed by atoms with Crippen molar-refractivity contribution in [3.8, 4) is 0 Å². The zero-order valence-corrected chi connectivity index (χ0v) is 22.8. The Hall–Kier alpha value is -3.48. The molecule has 1 fully saturated rings. The van der Waals surface area contributed by atoms with Crippen LogP contribution in [0.4, 0.5) is 0 Å². The molecule has 38 heavy (non-hydrogen) atoms. The number of nitrogens with two attached hydrogens (primary N) is 1. The first-order valence-corrected chi connectivity index (χ1v) is 13.8. The van der Waals surface area contributed by atoms with Crippen molar-refractivity contribution < 1.29 is 19.2 Å². The van der Waals surface area contributed by atoms with Gasteiger partial charge in [0, 0.05) is 36.1 Å². The number of benzene rings is 2. The molecular weight excluding hydrogens is 478 g/mol. The molecule has 0 aliphatic carbocycles. The molecule has 2 aromatic rings. The molecule has 1 aliphatic rings. The highest BCUT2D eigenvalue weighted by Gasteiger charge is 2.35. The van der Waals surface area contributed by atoms with Gasteiger partial charge in [0.15, 0.2) is 5.78 Å². The largest absolute Gasteiger partial charge is 0.369 e. The summed E-state index contributed by atoms with van der Waals surface area (Å²) in [5.74, 6) is -1.84. The van der Waals surface area contributed by atoms with E-state index in [2.05, 4.69) is 5.32 Å². The number of nitrogens with one attached hydrogen (secondary N) is 1. The number of carbonyl (C=O) groups excluding carboxylic acids is 4. The van der Waals surface area contributed by atoms with Crippen LogP contribution in [0.3, 0.4) is 0 Å². The van der Waals surface area contributed by atoms with E-state index in [-0.39, 0.29) is 23.5 Å². The van der Waals surface area contributed by atoms with Crippen molar-refractivity contribution >= 4 is 23.5 Å². The maximum absolute atomic E-state index is 13.6. The average Bonchev–Trinajstić information content (AvgIpc) is 3.07. The van der Waals surface area contributed by atoms with Gasteiger partial charge in [0.25, 0.3) is 0 Å². The molecule has 0 saturated carbocycles. The van der Waals surface area contributed by atoms with Crippen molar-refractivity contribution in [1.29, 1.82) is 0 Å². The fraction of sp³-hybridized carbons (Fsp3) is 0.484. The molecule has 0 aromatic heterocycles. The van der Waals surface area contributed by atoms with Gasteiger partial charge in [-0.1, -0.05) is 75.7 Å². The number of nitrogens with zero attached hydrogens (tertiary/aromatic N) is 1. The van der Waals surface area contributed by atoms with Crippen LogP contribution in [0.25, 0.3) is 0 Å². The lowest BCUT2D eigenvalue weighted by molar-refractivity contribution is -0.139. The summed E-state index contributed by atoms with van der Waals surface area (Å²) in [5.41, 5.74) is 7.74. The van der Waals surface area contributed by atoms with Crippen molar-refractivity contribution in [2.45, 2.75) is 71.9 Å². The van der Waals surface area contributed by atoms with Crippen LogP contribution in [-0.2, 0) is 20.9 Å². The number of amides is 3. The number of primary amides is 1. The molecule has 3 N–H and O–H groups in total. The summed E-state index contributed by atoms with van der Waals surface area (Å²) in [5, 5.41) is 2.98. The second kappa shape index (κ2) is 13.9. The van der Waals surface area contributed by atoms with Crippen LogP contribution in [0.2, 0.25) is 0 Å². The SMILES string of the molecule is CCC[C@H](C(N)=O)[C@H](CC(C)C)C(=O)N[C@H]1CCCCN(Cc2cccc(C(=O)c3ccccc3)c2)C1=O. The van der Waals surface area contributed by atoms with E-state index in [9.17, 15) is 19.2 Å². The van der Waals surface area contributed by atoms with E-state index in [0.29, 0.717) is 43.5 Å². The lowest BCUT2D eigenvalue weighted by Crippen LogP contribution is -2.50. The second-order valence-electron chi connectivity index (χ2n) is 10.7. The van der Waals surface area contributed by atoms with Crippen molar-refractivity contribution in [2.75, 3.05) is 6.54 Å². The summed E-state index contributed by atoms with van der Waals surface area (Å²) < 4.78 is 0. The Bertz CT molecular complexity index is 1120. The Morgan fingerprint density at radius 3 is 2.37 bits per heavy atom. The maximum atomic E-state index is 13.6. The zero-order valence-electron chi connectivity index (χ0n) is 22.8. The van der Waals surface area contributed by atoms with Crippen molar-refractivity contribution in [3.63, 3.8) is 0 Å². The van der Waals surface area contributed by atoms with Crippen LogP contribution >= 0.6 is 0 Å². The van der Waals surface area contributed by atoms with Crippen LogP contribution in [0.15, 0.2) is 54.6 Å². The number of likely N-dealkylation sites (tertiary alicyclic amines) is 1. The van der Waals surface area contributed by atoms with Gasteiger partial charge >= 0.3 is 0 Å². The van der Waals surface area contributed by atoms with Crippen LogP contribution in [0.1, 0.15) is 80.8 Å². The molecule has 3 rings (SSSR count). The Morgan fingerprint density at radius 1 is 1.00 bits per heavy atom. The predicted molar refractivity (Wildman–Crippen MR) is 148 cm³/mol. The number of ketones is 1. The summed E-state index contributed by atoms with van der Waals surface area (Å²) >= 11 is 0. The van der Waals surface area contributed by atoms with E-state index in [1.165, 1.54) is 0 Å². The van der Waals surface area contributed by atoms with E-state index in [4.69, 9.17) is 5.73 Å². The Labute approximate surface area is 226 Å². The van der Waals surface area contributed by atoms with E-state index in [0.717, 1.165) is 24.8 Å². The molecule has 0 radical (unpaired) electrons. The number of rotatable bonds is 12. The minimum Gasteiger partial charge on any atom is -0.369 e. The summed E-state index contributed by atoms with van der Waals surface area (Å²) in [4.78, 5) is 53.8. The lowest BCUT2D eigenvalue weighted by atomic mass is 9.81. The topological polar surface area (TPSA) is 110 Å². The highest BCUT2D eigenvalue weighted by molar-refractivity contribution is 6.09. The van der Waals surface area contributed by atoms with Crippen LogP contribution in [0.5, 0.6) is 0 Å². The van der Waals surface area contributed by atoms with Gasteiger partial charge in [-0.25, -0.2) is 0 Å². The molecular formula is C31H41N3O4. The van der Waals surface area contributed by atoms with Gasteiger partial charge in [-0.15, -0.1) is 0 Å². The third-order valence-electron chi connectivity index (χ3n) is 7.21. The molecule has 7 heteroatoms. The smallest absolute Gasteiger partial charge is 0.245 e. The molecule has 0 unspecified atom stereocenters. The predicted octanol–water partition coefficient (Wildman–Crippen LogP) is 4.48. The molecule has 1 heterocycles. The third kappa shape index (κ3) is 7.76. The van der Waals surface area contributed by atoms with Gasteiger partial charge < -0.3 is 16.0 Å². The third-order valence-corrected chi connectivity index (χ3v) is 7.21. The number of hydrogen-bond donors (Lipinski definition) is 2. The molecule has 0 spiro atoms. The minimum atomic E-state index is -0.649. The highest BCUT2D eigenvalue weighted by atomic mass is 16.2. The first kappa shape index (κ1) is 29.1. The standard InChI is InChI=1S/C31H41N3O4/c1-4-11-25(29(32)36)26(18-21(2)3)30(37)33-27-16-8-9-17-34(31(27)38)20-22-12-10-15-24(19-22)28(35)23-13-6-5-7-14-23/h5-7,10,12-15,19,21,25-27H,4,8-9,11,16-18,20H2,1-3H3,(H2,32,36)(H,33,37)/t25-,26-,27-/m0/s1. The van der Waals surface area contributed by atoms with Crippen molar-refractivity contribution in [1.82, 2.24) is 10.2 Å². The summed E-state index contributed by atoms with van der Waals surface area (Å²) in [7, 11) is 0. The Kier molecular flexibility index (Phi) is 10.6.